The minimum Gasteiger partial charge on any atom is -0.464 e. The lowest BCUT2D eigenvalue weighted by Gasteiger charge is -2.33. The Kier molecular flexibility index (Phi) is 15.2. The number of urea groups is 1. The number of esters is 1. The highest BCUT2D eigenvalue weighted by molar-refractivity contribution is 5.97. The number of aliphatic hydroxyl groups is 1. The summed E-state index contributed by atoms with van der Waals surface area (Å²) in [5, 5.41) is 24.7. The van der Waals surface area contributed by atoms with Gasteiger partial charge in [0.1, 0.15) is 23.7 Å². The number of likely N-dealkylation sites (N-methyl/N-ethyl adjacent to an activating group) is 1. The van der Waals surface area contributed by atoms with Gasteiger partial charge in [-0.3, -0.25) is 28.7 Å². The largest absolute Gasteiger partial charge is 0.464 e. The molecule has 5 aromatic rings. The maximum Gasteiger partial charge on any atom is 0.332 e. The summed E-state index contributed by atoms with van der Waals surface area (Å²) in [5.41, 5.74) is 5.23. The van der Waals surface area contributed by atoms with Crippen molar-refractivity contribution in [2.75, 3.05) is 26.7 Å². The topological polar surface area (TPSA) is 272 Å². The average molecular weight is 922 g/mol. The number of nitrogens with two attached hydrogens (primary N) is 1. The lowest BCUT2D eigenvalue weighted by molar-refractivity contribution is -0.147. The van der Waals surface area contributed by atoms with Crippen LogP contribution >= 0.6 is 0 Å². The van der Waals surface area contributed by atoms with Crippen LogP contribution in [0.15, 0.2) is 94.8 Å². The first-order chi connectivity index (χ1) is 32.2. The van der Waals surface area contributed by atoms with Gasteiger partial charge in [-0.2, -0.15) is 0 Å². The van der Waals surface area contributed by atoms with Gasteiger partial charge in [0.2, 0.25) is 17.7 Å². The van der Waals surface area contributed by atoms with Crippen molar-refractivity contribution < 1.29 is 38.6 Å². The number of carbonyl (C=O) groups excluding carboxylic acids is 5. The Hall–Kier alpha value is -6.83. The van der Waals surface area contributed by atoms with E-state index in [-0.39, 0.29) is 39.0 Å². The molecule has 1 saturated carbocycles. The number of amides is 5. The van der Waals surface area contributed by atoms with E-state index in [0.717, 1.165) is 57.1 Å². The fourth-order valence-corrected chi connectivity index (χ4v) is 8.78. The molecule has 3 aromatic carbocycles. The second-order valence-corrected chi connectivity index (χ2v) is 17.4. The van der Waals surface area contributed by atoms with Crippen LogP contribution in [0.1, 0.15) is 75.6 Å². The molecule has 9 N–H and O–H groups in total. The summed E-state index contributed by atoms with van der Waals surface area (Å²) in [7, 11) is 1.44. The van der Waals surface area contributed by atoms with Gasteiger partial charge in [0.05, 0.1) is 25.3 Å². The minimum absolute atomic E-state index is 0.0105. The first-order valence-corrected chi connectivity index (χ1v) is 22.7. The SMILES string of the molecule is CCCCCCOC(=O)C1(NC(=O)N[C@@H](Cc2ccc3ccccc3c2)C(=O)N[C@H](C(=O)NC[C@H]2C[C@@H](O)[C@H](n3ccc(=O)[nH]c3=O)O2)[C@H](C)N(C)C(=O)CN)CC1c1c[nH]c2ccccc12. The molecule has 5 amide bonds. The Labute approximate surface area is 386 Å². The number of nitrogens with one attached hydrogen (secondary N) is 6. The van der Waals surface area contributed by atoms with Crippen LogP contribution in [0.2, 0.25) is 0 Å². The second kappa shape index (κ2) is 21.2. The third kappa shape index (κ3) is 11.1. The fraction of sp³-hybridized carbons (Fsp3) is 0.438. The van der Waals surface area contributed by atoms with Crippen molar-refractivity contribution >= 4 is 51.4 Å². The van der Waals surface area contributed by atoms with Crippen LogP contribution in [-0.4, -0.2) is 117 Å². The number of ether oxygens (including phenoxy) is 2. The molecule has 3 heterocycles. The number of aromatic amines is 2. The van der Waals surface area contributed by atoms with Crippen LogP contribution in [0.3, 0.4) is 0 Å². The van der Waals surface area contributed by atoms with Crippen LogP contribution in [-0.2, 0) is 35.1 Å². The maximum atomic E-state index is 14.7. The molecule has 67 heavy (non-hydrogen) atoms. The number of nitrogens with zero attached hydrogens (tertiary/aromatic N) is 2. The van der Waals surface area contributed by atoms with Gasteiger partial charge in [-0.05, 0) is 47.7 Å². The average Bonchev–Trinajstić information content (AvgIpc) is 3.67. The number of hydrogen-bond acceptors (Lipinski definition) is 11. The summed E-state index contributed by atoms with van der Waals surface area (Å²) < 4.78 is 12.7. The van der Waals surface area contributed by atoms with E-state index in [0.29, 0.717) is 12.0 Å². The summed E-state index contributed by atoms with van der Waals surface area (Å²) in [6.07, 6.45) is 3.69. The van der Waals surface area contributed by atoms with E-state index < -0.39 is 89.0 Å². The number of aliphatic hydroxyl groups excluding tert-OH is 1. The van der Waals surface area contributed by atoms with E-state index in [1.54, 1.807) is 6.92 Å². The number of H-pyrrole nitrogens is 2. The molecule has 1 aliphatic heterocycles. The van der Waals surface area contributed by atoms with Crippen LogP contribution in [0.25, 0.3) is 21.7 Å². The molecule has 1 aliphatic carbocycles. The molecule has 356 valence electrons. The third-order valence-corrected chi connectivity index (χ3v) is 12.8. The highest BCUT2D eigenvalue weighted by atomic mass is 16.5. The summed E-state index contributed by atoms with van der Waals surface area (Å²) in [4.78, 5) is 101. The molecule has 2 aromatic heterocycles. The molecule has 0 radical (unpaired) electrons. The monoisotopic (exact) mass is 921 g/mol. The zero-order valence-corrected chi connectivity index (χ0v) is 37.8. The van der Waals surface area contributed by atoms with Crippen LogP contribution in [0.5, 0.6) is 0 Å². The minimum atomic E-state index is -1.44. The molecule has 2 aliphatic rings. The van der Waals surface area contributed by atoms with Gasteiger partial charge >= 0.3 is 17.7 Å². The first kappa shape index (κ1) is 48.1. The Morgan fingerprint density at radius 2 is 1.75 bits per heavy atom. The number of fused-ring (bicyclic) bond motifs is 2. The standard InChI is InChI=1S/C48H59N9O10/c1-4-5-6-11-20-66-45(63)48(24-35(48)34-27-50-36-15-10-9-14-33(34)36)55-46(64)52-37(22-29-16-17-30-12-7-8-13-31(30)21-29)42(61)54-41(28(2)56(3)40(60)25-49)43(62)51-26-32-23-38(58)44(67-32)57-19-18-39(59)53-47(57)65/h7-10,12-19,21,27-28,32,35,37-38,41,44,50,58H,4-6,11,20,22-26,49H2,1-3H3,(H,51,62)(H,54,61)(H2,52,55,64)(H,53,59,65)/t28-,32+,35?,37-,38+,41-,44+,48?/m0/s1. The van der Waals surface area contributed by atoms with Crippen LogP contribution in [0, 0.1) is 0 Å². The summed E-state index contributed by atoms with van der Waals surface area (Å²) >= 11 is 0. The van der Waals surface area contributed by atoms with Crippen molar-refractivity contribution in [3.8, 4) is 0 Å². The lowest BCUT2D eigenvalue weighted by Crippen LogP contribution is -2.62. The quantitative estimate of drug-likeness (QED) is 0.0414. The van der Waals surface area contributed by atoms with Crippen molar-refractivity contribution in [3.05, 3.63) is 117 Å². The zero-order chi connectivity index (χ0) is 47.8. The van der Waals surface area contributed by atoms with E-state index in [1.165, 1.54) is 18.1 Å². The predicted octanol–water partition coefficient (Wildman–Crippen LogP) is 2.19. The second-order valence-electron chi connectivity index (χ2n) is 17.4. The van der Waals surface area contributed by atoms with Crippen molar-refractivity contribution in [2.24, 2.45) is 5.73 Å². The number of benzene rings is 3. The van der Waals surface area contributed by atoms with Crippen molar-refractivity contribution in [2.45, 2.75) is 107 Å². The van der Waals surface area contributed by atoms with Gasteiger partial charge < -0.3 is 51.5 Å². The Morgan fingerprint density at radius 3 is 2.51 bits per heavy atom. The molecule has 7 rings (SSSR count). The van der Waals surface area contributed by atoms with Gasteiger partial charge in [-0.25, -0.2) is 14.4 Å². The van der Waals surface area contributed by atoms with Gasteiger partial charge in [0.15, 0.2) is 6.23 Å². The molecule has 0 bridgehead atoms. The predicted molar refractivity (Wildman–Crippen MR) is 249 cm³/mol. The maximum absolute atomic E-state index is 14.7. The Balaban J connectivity index is 1.13. The molecule has 8 atom stereocenters. The molecule has 19 nitrogen and oxygen atoms in total. The smallest absolute Gasteiger partial charge is 0.332 e. The van der Waals surface area contributed by atoms with Crippen molar-refractivity contribution in [1.82, 2.24) is 40.7 Å². The number of aromatic nitrogens is 3. The molecular formula is C48H59N9O10. The van der Waals surface area contributed by atoms with Crippen molar-refractivity contribution in [1.29, 1.82) is 0 Å². The van der Waals surface area contributed by atoms with E-state index in [9.17, 15) is 38.7 Å². The number of hydrogen-bond donors (Lipinski definition) is 8. The van der Waals surface area contributed by atoms with E-state index in [4.69, 9.17) is 15.2 Å². The number of unbranched alkanes of at least 4 members (excludes halogenated alkanes) is 3. The Bertz CT molecular complexity index is 2720. The van der Waals surface area contributed by atoms with Crippen LogP contribution in [0.4, 0.5) is 4.79 Å². The number of carbonyl (C=O) groups is 5. The van der Waals surface area contributed by atoms with Gasteiger partial charge in [0.25, 0.3) is 5.56 Å². The highest BCUT2D eigenvalue weighted by Crippen LogP contribution is 2.54. The normalized spacial score (nSPS) is 21.2. The summed E-state index contributed by atoms with van der Waals surface area (Å²) in [6, 6.07) is 17.5. The molecular weight excluding hydrogens is 863 g/mol. The summed E-state index contributed by atoms with van der Waals surface area (Å²) in [6.45, 7) is 3.28. The van der Waals surface area contributed by atoms with E-state index in [2.05, 4.69) is 38.2 Å². The molecule has 19 heteroatoms. The fourth-order valence-electron chi connectivity index (χ4n) is 8.78. The Morgan fingerprint density at radius 1 is 0.985 bits per heavy atom. The van der Waals surface area contributed by atoms with Gasteiger partial charge in [0, 0.05) is 61.7 Å². The van der Waals surface area contributed by atoms with Gasteiger partial charge in [-0.15, -0.1) is 0 Å². The molecule has 0 spiro atoms. The first-order valence-electron chi connectivity index (χ1n) is 22.7. The molecule has 1 saturated heterocycles. The third-order valence-electron chi connectivity index (χ3n) is 12.8. The van der Waals surface area contributed by atoms with E-state index in [1.807, 2.05) is 72.9 Å². The summed E-state index contributed by atoms with van der Waals surface area (Å²) in [5.74, 6) is -3.04. The molecule has 2 unspecified atom stereocenters. The van der Waals surface area contributed by atoms with Crippen LogP contribution < -0.4 is 38.2 Å². The van der Waals surface area contributed by atoms with Crippen molar-refractivity contribution in [3.63, 3.8) is 0 Å². The number of rotatable bonds is 20. The number of para-hydroxylation sites is 1. The van der Waals surface area contributed by atoms with Gasteiger partial charge in [-0.1, -0.05) is 86.8 Å². The zero-order valence-electron chi connectivity index (χ0n) is 37.8. The highest BCUT2D eigenvalue weighted by Gasteiger charge is 2.64. The lowest BCUT2D eigenvalue weighted by atomic mass is 10.00. The molecule has 2 fully saturated rings. The van der Waals surface area contributed by atoms with E-state index >= 15 is 0 Å².